The maximum atomic E-state index is 12.8. The number of nitrogens with two attached hydrogens (primary N) is 1. The van der Waals surface area contributed by atoms with Gasteiger partial charge in [0.15, 0.2) is 12.7 Å². The Balaban J connectivity index is 1.83. The number of nitrogens with one attached hydrogen (secondary N) is 1. The molecule has 0 radical (unpaired) electrons. The Hall–Kier alpha value is -2.94. The van der Waals surface area contributed by atoms with Crippen LogP contribution in [0, 0.1) is 5.82 Å². The van der Waals surface area contributed by atoms with E-state index in [1.54, 1.807) is 5.38 Å². The number of hydrogen-bond acceptors (Lipinski definition) is 6. The van der Waals surface area contributed by atoms with Crippen LogP contribution in [0.2, 0.25) is 0 Å². The van der Waals surface area contributed by atoms with Gasteiger partial charge in [0.25, 0.3) is 11.8 Å². The topological polar surface area (TPSA) is 108 Å². The lowest BCUT2D eigenvalue weighted by Crippen LogP contribution is -2.32. The van der Waals surface area contributed by atoms with Gasteiger partial charge in [-0.1, -0.05) is 0 Å². The Kier molecular flexibility index (Phi) is 6.07. The first-order chi connectivity index (χ1) is 11.9. The first kappa shape index (κ1) is 18.4. The summed E-state index contributed by atoms with van der Waals surface area (Å²) in [4.78, 5) is 34.9. The summed E-state index contributed by atoms with van der Waals surface area (Å²) in [5.41, 5.74) is 5.36. The molecular weight excluding hydrogens is 351 g/mol. The highest BCUT2D eigenvalue weighted by atomic mass is 32.1. The van der Waals surface area contributed by atoms with Crippen LogP contribution in [0.1, 0.15) is 17.3 Å². The summed E-state index contributed by atoms with van der Waals surface area (Å²) in [6.45, 7) is 0.942. The molecule has 1 atom stereocenters. The van der Waals surface area contributed by atoms with Gasteiger partial charge in [0.1, 0.15) is 16.6 Å². The van der Waals surface area contributed by atoms with E-state index in [2.05, 4.69) is 5.32 Å². The van der Waals surface area contributed by atoms with Crippen LogP contribution in [0.4, 0.5) is 9.39 Å². The van der Waals surface area contributed by atoms with Crippen LogP contribution in [-0.4, -0.2) is 30.5 Å². The Morgan fingerprint density at radius 3 is 2.56 bits per heavy atom. The largest absolute Gasteiger partial charge is 0.482 e. The highest BCUT2D eigenvalue weighted by Crippen LogP contribution is 2.23. The summed E-state index contributed by atoms with van der Waals surface area (Å²) in [6, 6.07) is 6.58. The molecule has 7 nitrogen and oxygen atoms in total. The van der Waals surface area contributed by atoms with Gasteiger partial charge in [-0.2, -0.15) is 0 Å². The maximum Gasteiger partial charge on any atom is 0.344 e. The van der Waals surface area contributed by atoms with Crippen LogP contribution in [0.5, 0.6) is 5.75 Å². The summed E-state index contributed by atoms with van der Waals surface area (Å²) in [5.74, 6) is -2.19. The van der Waals surface area contributed by atoms with Crippen molar-refractivity contribution >= 4 is 34.1 Å². The Bertz CT molecular complexity index is 775. The number of hydrogen-bond donors (Lipinski definition) is 2. The van der Waals surface area contributed by atoms with Crippen LogP contribution in [0.3, 0.4) is 0 Å². The molecule has 3 N–H and O–H groups in total. The average Bonchev–Trinajstić information content (AvgIpc) is 3.02. The number of thiophene rings is 1. The monoisotopic (exact) mass is 366 g/mol. The van der Waals surface area contributed by atoms with Gasteiger partial charge in [-0.25, -0.2) is 9.18 Å². The molecule has 0 saturated carbocycles. The van der Waals surface area contributed by atoms with E-state index < -0.39 is 36.3 Å². The van der Waals surface area contributed by atoms with Gasteiger partial charge in [0.05, 0.1) is 5.56 Å². The summed E-state index contributed by atoms with van der Waals surface area (Å²) in [7, 11) is 0. The Morgan fingerprint density at radius 2 is 1.92 bits per heavy atom. The highest BCUT2D eigenvalue weighted by Gasteiger charge is 2.20. The summed E-state index contributed by atoms with van der Waals surface area (Å²) in [5, 5.41) is 4.36. The Morgan fingerprint density at radius 1 is 1.24 bits per heavy atom. The molecule has 0 aliphatic heterocycles. The van der Waals surface area contributed by atoms with E-state index in [4.69, 9.17) is 15.2 Å². The number of anilines is 1. The molecule has 1 heterocycles. The molecule has 132 valence electrons. The zero-order valence-electron chi connectivity index (χ0n) is 13.2. The van der Waals surface area contributed by atoms with E-state index in [9.17, 15) is 18.8 Å². The maximum absolute atomic E-state index is 12.8. The standard InChI is InChI=1S/C16H15FN2O5S/c1-9(15(22)19-16-12(14(18)21)6-7-25-16)24-13(20)8-23-11-4-2-10(17)3-5-11/h2-7,9H,8H2,1H3,(H2,18,21)(H,19,22)/t9-/m0/s1. The first-order valence-corrected chi connectivity index (χ1v) is 8.01. The fourth-order valence-electron chi connectivity index (χ4n) is 1.77. The molecule has 1 aromatic carbocycles. The van der Waals surface area contributed by atoms with Gasteiger partial charge in [0.2, 0.25) is 0 Å². The molecule has 0 aliphatic carbocycles. The smallest absolute Gasteiger partial charge is 0.344 e. The lowest BCUT2D eigenvalue weighted by atomic mass is 10.3. The van der Waals surface area contributed by atoms with Crippen molar-refractivity contribution in [1.29, 1.82) is 0 Å². The Labute approximate surface area is 146 Å². The van der Waals surface area contributed by atoms with Crippen molar-refractivity contribution in [2.45, 2.75) is 13.0 Å². The first-order valence-electron chi connectivity index (χ1n) is 7.13. The molecular formula is C16H15FN2O5S. The predicted molar refractivity (Wildman–Crippen MR) is 88.9 cm³/mol. The molecule has 0 spiro atoms. The van der Waals surface area contributed by atoms with Crippen molar-refractivity contribution < 1.29 is 28.2 Å². The van der Waals surface area contributed by atoms with Crippen LogP contribution < -0.4 is 15.8 Å². The molecule has 9 heteroatoms. The zero-order chi connectivity index (χ0) is 18.4. The van der Waals surface area contributed by atoms with Crippen molar-refractivity contribution in [1.82, 2.24) is 0 Å². The number of halogens is 1. The van der Waals surface area contributed by atoms with E-state index in [0.29, 0.717) is 5.75 Å². The second-order valence-electron chi connectivity index (χ2n) is 4.89. The van der Waals surface area contributed by atoms with Gasteiger partial charge in [-0.05, 0) is 42.6 Å². The van der Waals surface area contributed by atoms with Gasteiger partial charge in [0, 0.05) is 0 Å². The van der Waals surface area contributed by atoms with Gasteiger partial charge < -0.3 is 20.5 Å². The molecule has 0 saturated heterocycles. The molecule has 0 unspecified atom stereocenters. The number of primary amides is 1. The lowest BCUT2D eigenvalue weighted by molar-refractivity contribution is -0.155. The van der Waals surface area contributed by atoms with Crippen molar-refractivity contribution in [3.05, 3.63) is 47.1 Å². The third-order valence-corrected chi connectivity index (χ3v) is 3.85. The van der Waals surface area contributed by atoms with Crippen LogP contribution in [0.25, 0.3) is 0 Å². The van der Waals surface area contributed by atoms with Gasteiger partial charge in [-0.15, -0.1) is 11.3 Å². The van der Waals surface area contributed by atoms with Gasteiger partial charge >= 0.3 is 5.97 Å². The highest BCUT2D eigenvalue weighted by molar-refractivity contribution is 7.14. The van der Waals surface area contributed by atoms with Crippen LogP contribution in [-0.2, 0) is 14.3 Å². The second kappa shape index (κ2) is 8.25. The number of rotatable bonds is 7. The molecule has 0 fully saturated rings. The quantitative estimate of drug-likeness (QED) is 0.728. The summed E-state index contributed by atoms with van der Waals surface area (Å²) >= 11 is 1.12. The van der Waals surface area contributed by atoms with Gasteiger partial charge in [-0.3, -0.25) is 9.59 Å². The molecule has 2 amide bonds. The van der Waals surface area contributed by atoms with E-state index in [0.717, 1.165) is 11.3 Å². The second-order valence-corrected chi connectivity index (χ2v) is 5.81. The third-order valence-electron chi connectivity index (χ3n) is 3.02. The van der Waals surface area contributed by atoms with Crippen LogP contribution in [0.15, 0.2) is 35.7 Å². The van der Waals surface area contributed by atoms with Crippen molar-refractivity contribution in [2.24, 2.45) is 5.73 Å². The molecule has 2 rings (SSSR count). The number of ether oxygens (including phenoxy) is 2. The number of carbonyl (C=O) groups is 3. The third kappa shape index (κ3) is 5.28. The van der Waals surface area contributed by atoms with E-state index in [1.807, 2.05) is 0 Å². The van der Waals surface area contributed by atoms with E-state index in [1.165, 1.54) is 37.3 Å². The minimum atomic E-state index is -1.10. The van der Waals surface area contributed by atoms with Crippen molar-refractivity contribution in [3.8, 4) is 5.75 Å². The molecule has 1 aromatic heterocycles. The SMILES string of the molecule is C[C@H](OC(=O)COc1ccc(F)cc1)C(=O)Nc1sccc1C(N)=O. The molecule has 0 bridgehead atoms. The summed E-state index contributed by atoms with van der Waals surface area (Å²) < 4.78 is 22.8. The average molecular weight is 366 g/mol. The summed E-state index contributed by atoms with van der Waals surface area (Å²) in [6.07, 6.45) is -1.10. The molecule has 25 heavy (non-hydrogen) atoms. The number of carbonyl (C=O) groups excluding carboxylic acids is 3. The molecule has 0 aliphatic rings. The van der Waals surface area contributed by atoms with Crippen molar-refractivity contribution in [3.63, 3.8) is 0 Å². The number of esters is 1. The van der Waals surface area contributed by atoms with E-state index >= 15 is 0 Å². The lowest BCUT2D eigenvalue weighted by Gasteiger charge is -2.13. The fraction of sp³-hybridized carbons (Fsp3) is 0.188. The van der Waals surface area contributed by atoms with E-state index in [-0.39, 0.29) is 10.6 Å². The van der Waals surface area contributed by atoms with Crippen LogP contribution >= 0.6 is 11.3 Å². The number of amides is 2. The zero-order valence-corrected chi connectivity index (χ0v) is 14.0. The minimum Gasteiger partial charge on any atom is -0.482 e. The minimum absolute atomic E-state index is 0.177. The predicted octanol–water partition coefficient (Wildman–Crippen LogP) is 1.94. The number of benzene rings is 1. The fourth-order valence-corrected chi connectivity index (χ4v) is 2.57. The van der Waals surface area contributed by atoms with Crippen molar-refractivity contribution in [2.75, 3.05) is 11.9 Å². The molecule has 2 aromatic rings. The normalized spacial score (nSPS) is 11.4.